The zero-order valence-corrected chi connectivity index (χ0v) is 12.4. The maximum absolute atomic E-state index is 10.6. The molecule has 3 rings (SSSR count). The van der Waals surface area contributed by atoms with Crippen LogP contribution in [-0.2, 0) is 10.3 Å². The maximum Gasteiger partial charge on any atom is 0.122 e. The van der Waals surface area contributed by atoms with Crippen molar-refractivity contribution in [1.82, 2.24) is 0 Å². The Morgan fingerprint density at radius 2 is 1.67 bits per heavy atom. The summed E-state index contributed by atoms with van der Waals surface area (Å²) < 4.78 is 6.06. The number of epoxide rings is 1. The van der Waals surface area contributed by atoms with Gasteiger partial charge in [-0.25, -0.2) is 0 Å². The van der Waals surface area contributed by atoms with E-state index in [0.717, 1.165) is 18.4 Å². The Morgan fingerprint density at radius 3 is 2.29 bits per heavy atom. The van der Waals surface area contributed by atoms with E-state index in [9.17, 15) is 5.11 Å². The van der Waals surface area contributed by atoms with Crippen LogP contribution in [-0.4, -0.2) is 11.2 Å². The van der Waals surface area contributed by atoms with Gasteiger partial charge in [0.2, 0.25) is 0 Å². The zero-order chi connectivity index (χ0) is 14.7. The van der Waals surface area contributed by atoms with Gasteiger partial charge in [0, 0.05) is 6.42 Å². The van der Waals surface area contributed by atoms with Crippen molar-refractivity contribution in [2.24, 2.45) is 0 Å². The summed E-state index contributed by atoms with van der Waals surface area (Å²) in [5.74, 6) is 0. The molecule has 0 aromatic heterocycles. The minimum Gasteiger partial charge on any atom is -0.388 e. The quantitative estimate of drug-likeness (QED) is 0.805. The number of hydrogen-bond donors (Lipinski definition) is 1. The van der Waals surface area contributed by atoms with E-state index in [2.05, 4.69) is 19.1 Å². The van der Waals surface area contributed by atoms with E-state index in [1.807, 2.05) is 48.5 Å². The Balaban J connectivity index is 1.82. The van der Waals surface area contributed by atoms with Crippen molar-refractivity contribution in [3.05, 3.63) is 71.8 Å². The van der Waals surface area contributed by atoms with Gasteiger partial charge in [-0.15, -0.1) is 0 Å². The van der Waals surface area contributed by atoms with Gasteiger partial charge >= 0.3 is 0 Å². The first-order valence-electron chi connectivity index (χ1n) is 7.72. The van der Waals surface area contributed by atoms with E-state index in [0.29, 0.717) is 6.42 Å². The fourth-order valence-electron chi connectivity index (χ4n) is 3.13. The topological polar surface area (TPSA) is 32.8 Å². The van der Waals surface area contributed by atoms with E-state index in [4.69, 9.17) is 4.74 Å². The van der Waals surface area contributed by atoms with Crippen molar-refractivity contribution in [3.63, 3.8) is 0 Å². The second kappa shape index (κ2) is 6.00. The molecule has 0 aliphatic carbocycles. The minimum atomic E-state index is -0.492. The molecule has 2 aromatic carbocycles. The molecule has 1 heterocycles. The average Bonchev–Trinajstić information content (AvgIpc) is 3.23. The van der Waals surface area contributed by atoms with Gasteiger partial charge in [-0.05, 0) is 17.5 Å². The van der Waals surface area contributed by atoms with Crippen molar-refractivity contribution in [2.75, 3.05) is 0 Å². The molecular weight excluding hydrogens is 260 g/mol. The first-order chi connectivity index (χ1) is 10.3. The number of aliphatic hydroxyl groups excluding tert-OH is 1. The maximum atomic E-state index is 10.6. The summed E-state index contributed by atoms with van der Waals surface area (Å²) in [6.07, 6.45) is 2.49. The number of hydrogen-bond acceptors (Lipinski definition) is 2. The Morgan fingerprint density at radius 1 is 1.05 bits per heavy atom. The standard InChI is InChI=1S/C19H22O2/c1-2-9-18-19(21-18,16-12-7-4-8-13-16)14-17(20)15-10-5-3-6-11-15/h3-8,10-13,17-18,20H,2,9,14H2,1H3. The fourth-order valence-corrected chi connectivity index (χ4v) is 3.13. The number of aliphatic hydroxyl groups is 1. The van der Waals surface area contributed by atoms with Crippen LogP contribution in [0.4, 0.5) is 0 Å². The molecule has 2 nitrogen and oxygen atoms in total. The Bertz CT molecular complexity index is 567. The lowest BCUT2D eigenvalue weighted by atomic mass is 9.86. The van der Waals surface area contributed by atoms with Gasteiger partial charge in [-0.2, -0.15) is 0 Å². The molecule has 0 radical (unpaired) electrons. The molecule has 1 saturated heterocycles. The Kier molecular flexibility index (Phi) is 4.09. The summed E-state index contributed by atoms with van der Waals surface area (Å²) >= 11 is 0. The number of benzene rings is 2. The largest absolute Gasteiger partial charge is 0.388 e. The lowest BCUT2D eigenvalue weighted by Gasteiger charge is -2.18. The number of rotatable bonds is 6. The third kappa shape index (κ3) is 2.87. The Hall–Kier alpha value is -1.64. The second-order valence-corrected chi connectivity index (χ2v) is 5.78. The van der Waals surface area contributed by atoms with E-state index in [1.165, 1.54) is 5.56 Å². The van der Waals surface area contributed by atoms with Gasteiger partial charge in [0.15, 0.2) is 0 Å². The molecule has 1 aliphatic heterocycles. The molecule has 0 saturated carbocycles. The normalized spacial score (nSPS) is 25.5. The molecule has 0 bridgehead atoms. The molecule has 1 fully saturated rings. The molecular formula is C19H22O2. The van der Waals surface area contributed by atoms with Crippen LogP contribution in [0.5, 0.6) is 0 Å². The molecule has 1 aliphatic rings. The highest BCUT2D eigenvalue weighted by molar-refractivity contribution is 5.31. The first kappa shape index (κ1) is 14.3. The van der Waals surface area contributed by atoms with Crippen molar-refractivity contribution >= 4 is 0 Å². The van der Waals surface area contributed by atoms with Gasteiger partial charge < -0.3 is 9.84 Å². The van der Waals surface area contributed by atoms with E-state index in [-0.39, 0.29) is 11.7 Å². The van der Waals surface area contributed by atoms with Crippen LogP contribution in [0, 0.1) is 0 Å². The van der Waals surface area contributed by atoms with Gasteiger partial charge in [0.1, 0.15) is 5.60 Å². The van der Waals surface area contributed by atoms with Crippen LogP contribution >= 0.6 is 0 Å². The smallest absolute Gasteiger partial charge is 0.122 e. The molecule has 21 heavy (non-hydrogen) atoms. The summed E-state index contributed by atoms with van der Waals surface area (Å²) in [6.45, 7) is 2.17. The SMILES string of the molecule is CCCC1OC1(CC(O)c1ccccc1)c1ccccc1. The minimum absolute atomic E-state index is 0.225. The average molecular weight is 282 g/mol. The van der Waals surface area contributed by atoms with Crippen LogP contribution in [0.3, 0.4) is 0 Å². The summed E-state index contributed by atoms with van der Waals surface area (Å²) in [5.41, 5.74) is 1.82. The summed E-state index contributed by atoms with van der Waals surface area (Å²) in [4.78, 5) is 0. The van der Waals surface area contributed by atoms with Crippen LogP contribution < -0.4 is 0 Å². The molecule has 2 heteroatoms. The zero-order valence-electron chi connectivity index (χ0n) is 12.4. The van der Waals surface area contributed by atoms with Gasteiger partial charge in [-0.3, -0.25) is 0 Å². The highest BCUT2D eigenvalue weighted by Gasteiger charge is 2.57. The fraction of sp³-hybridized carbons (Fsp3) is 0.368. The highest BCUT2D eigenvalue weighted by Crippen LogP contribution is 2.53. The van der Waals surface area contributed by atoms with Crippen LogP contribution in [0.1, 0.15) is 43.4 Å². The summed E-state index contributed by atoms with van der Waals surface area (Å²) in [5, 5.41) is 10.6. The van der Waals surface area contributed by atoms with E-state index >= 15 is 0 Å². The molecule has 2 aromatic rings. The molecule has 3 unspecified atom stereocenters. The Labute approximate surface area is 126 Å². The van der Waals surface area contributed by atoms with Gasteiger partial charge in [0.25, 0.3) is 0 Å². The lowest BCUT2D eigenvalue weighted by molar-refractivity contribution is 0.124. The van der Waals surface area contributed by atoms with Crippen molar-refractivity contribution in [1.29, 1.82) is 0 Å². The predicted molar refractivity (Wildman–Crippen MR) is 83.9 cm³/mol. The van der Waals surface area contributed by atoms with Crippen LogP contribution in [0.15, 0.2) is 60.7 Å². The summed E-state index contributed by atoms with van der Waals surface area (Å²) in [7, 11) is 0. The van der Waals surface area contributed by atoms with Gasteiger partial charge in [-0.1, -0.05) is 74.0 Å². The summed E-state index contributed by atoms with van der Waals surface area (Å²) in [6, 6.07) is 20.1. The van der Waals surface area contributed by atoms with E-state index in [1.54, 1.807) is 0 Å². The van der Waals surface area contributed by atoms with Crippen molar-refractivity contribution < 1.29 is 9.84 Å². The van der Waals surface area contributed by atoms with Crippen molar-refractivity contribution in [2.45, 2.75) is 44.0 Å². The van der Waals surface area contributed by atoms with E-state index < -0.39 is 6.10 Å². The predicted octanol–water partition coefficient (Wildman–Crippen LogP) is 4.20. The third-order valence-corrected chi connectivity index (χ3v) is 4.31. The molecule has 110 valence electrons. The number of ether oxygens (including phenoxy) is 1. The van der Waals surface area contributed by atoms with Crippen molar-refractivity contribution in [3.8, 4) is 0 Å². The van der Waals surface area contributed by atoms with Crippen LogP contribution in [0.25, 0.3) is 0 Å². The molecule has 3 atom stereocenters. The first-order valence-corrected chi connectivity index (χ1v) is 7.72. The molecule has 1 N–H and O–H groups in total. The van der Waals surface area contributed by atoms with Gasteiger partial charge in [0.05, 0.1) is 12.2 Å². The lowest BCUT2D eigenvalue weighted by Crippen LogP contribution is -2.17. The molecule has 0 spiro atoms. The highest BCUT2D eigenvalue weighted by atomic mass is 16.6. The van der Waals surface area contributed by atoms with Crippen LogP contribution in [0.2, 0.25) is 0 Å². The monoisotopic (exact) mass is 282 g/mol. The molecule has 0 amide bonds. The third-order valence-electron chi connectivity index (χ3n) is 4.31. The second-order valence-electron chi connectivity index (χ2n) is 5.78.